The summed E-state index contributed by atoms with van der Waals surface area (Å²) >= 11 is 0. The van der Waals surface area contributed by atoms with E-state index in [1.807, 2.05) is 24.3 Å². The Labute approximate surface area is 227 Å². The minimum Gasteiger partial charge on any atom is -0.385 e. The fourth-order valence-corrected chi connectivity index (χ4v) is 5.24. The van der Waals surface area contributed by atoms with Crippen molar-refractivity contribution in [1.82, 2.24) is 20.4 Å². The SMILES string of the molecule is C=C(/C=C(/NCc1ccc(CNC(=C)C2CCCCC(C)C2)cc1)n1ncc(F)c1C)c1ccccc1C. The number of aromatic nitrogens is 2. The van der Waals surface area contributed by atoms with E-state index < -0.39 is 0 Å². The molecule has 0 spiro atoms. The second-order valence-corrected chi connectivity index (χ2v) is 10.7. The normalized spacial score (nSPS) is 18.1. The van der Waals surface area contributed by atoms with Gasteiger partial charge < -0.3 is 10.6 Å². The Morgan fingerprint density at radius 1 is 1.00 bits per heavy atom. The summed E-state index contributed by atoms with van der Waals surface area (Å²) in [5, 5.41) is 11.3. The number of aryl methyl sites for hydroxylation is 1. The molecular formula is C33H41FN4. The third-order valence-electron chi connectivity index (χ3n) is 7.68. The van der Waals surface area contributed by atoms with E-state index in [1.165, 1.54) is 49.6 Å². The molecule has 0 saturated heterocycles. The van der Waals surface area contributed by atoms with Crippen LogP contribution in [0.5, 0.6) is 0 Å². The van der Waals surface area contributed by atoms with Crippen molar-refractivity contribution < 1.29 is 4.39 Å². The van der Waals surface area contributed by atoms with Gasteiger partial charge in [0.2, 0.25) is 0 Å². The minimum absolute atomic E-state index is 0.337. The number of nitrogens with one attached hydrogen (secondary N) is 2. The highest BCUT2D eigenvalue weighted by atomic mass is 19.1. The first-order valence-electron chi connectivity index (χ1n) is 13.7. The van der Waals surface area contributed by atoms with Crippen LogP contribution in [0.3, 0.4) is 0 Å². The largest absolute Gasteiger partial charge is 0.385 e. The van der Waals surface area contributed by atoms with Gasteiger partial charge in [-0.2, -0.15) is 5.10 Å². The van der Waals surface area contributed by atoms with Gasteiger partial charge in [0.25, 0.3) is 0 Å². The average Bonchev–Trinajstić information content (AvgIpc) is 3.10. The van der Waals surface area contributed by atoms with E-state index in [0.29, 0.717) is 24.0 Å². The zero-order valence-corrected chi connectivity index (χ0v) is 23.1. The van der Waals surface area contributed by atoms with Crippen molar-refractivity contribution >= 4 is 11.4 Å². The topological polar surface area (TPSA) is 41.9 Å². The predicted molar refractivity (Wildman–Crippen MR) is 156 cm³/mol. The van der Waals surface area contributed by atoms with Crippen LogP contribution in [-0.4, -0.2) is 9.78 Å². The van der Waals surface area contributed by atoms with Gasteiger partial charge in [0, 0.05) is 18.8 Å². The maximum atomic E-state index is 14.1. The molecule has 2 atom stereocenters. The molecule has 0 radical (unpaired) electrons. The molecule has 1 aliphatic rings. The number of hydrogen-bond acceptors (Lipinski definition) is 3. The molecule has 4 rings (SSSR count). The zero-order chi connectivity index (χ0) is 27.1. The van der Waals surface area contributed by atoms with Gasteiger partial charge in [0.15, 0.2) is 5.82 Å². The number of nitrogens with zero attached hydrogens (tertiary/aromatic N) is 2. The summed E-state index contributed by atoms with van der Waals surface area (Å²) in [6.45, 7) is 16.1. The highest BCUT2D eigenvalue weighted by Crippen LogP contribution is 2.30. The third-order valence-corrected chi connectivity index (χ3v) is 7.68. The van der Waals surface area contributed by atoms with Gasteiger partial charge in [-0.1, -0.05) is 87.9 Å². The lowest BCUT2D eigenvalue weighted by Crippen LogP contribution is -2.20. The van der Waals surface area contributed by atoms with Gasteiger partial charge in [-0.05, 0) is 72.4 Å². The summed E-state index contributed by atoms with van der Waals surface area (Å²) in [4.78, 5) is 0. The van der Waals surface area contributed by atoms with E-state index in [1.54, 1.807) is 11.6 Å². The van der Waals surface area contributed by atoms with E-state index >= 15 is 0 Å². The fourth-order valence-electron chi connectivity index (χ4n) is 5.24. The van der Waals surface area contributed by atoms with Crippen LogP contribution in [0.25, 0.3) is 11.4 Å². The van der Waals surface area contributed by atoms with Gasteiger partial charge in [0.05, 0.1) is 11.9 Å². The number of allylic oxidation sites excluding steroid dienone is 3. The second-order valence-electron chi connectivity index (χ2n) is 10.7. The average molecular weight is 513 g/mol. The van der Waals surface area contributed by atoms with Crippen molar-refractivity contribution in [2.45, 2.75) is 66.0 Å². The Bertz CT molecular complexity index is 1280. The molecule has 1 fully saturated rings. The van der Waals surface area contributed by atoms with Gasteiger partial charge in [0.1, 0.15) is 5.82 Å². The predicted octanol–water partition coefficient (Wildman–Crippen LogP) is 7.76. The molecule has 0 bridgehead atoms. The fraction of sp³-hybridized carbons (Fsp3) is 0.364. The third kappa shape index (κ3) is 7.03. The van der Waals surface area contributed by atoms with E-state index in [-0.39, 0.29) is 5.82 Å². The van der Waals surface area contributed by atoms with E-state index in [9.17, 15) is 4.39 Å². The Balaban J connectivity index is 1.40. The first-order chi connectivity index (χ1) is 18.3. The first-order valence-corrected chi connectivity index (χ1v) is 13.7. The van der Waals surface area contributed by atoms with Gasteiger partial charge in [-0.25, -0.2) is 9.07 Å². The molecule has 1 aromatic heterocycles. The molecule has 4 nitrogen and oxygen atoms in total. The maximum Gasteiger partial charge on any atom is 0.164 e. The monoisotopic (exact) mass is 512 g/mol. The molecule has 200 valence electrons. The van der Waals surface area contributed by atoms with Crippen molar-refractivity contribution in [2.24, 2.45) is 11.8 Å². The lowest BCUT2D eigenvalue weighted by molar-refractivity contribution is 0.422. The number of benzene rings is 2. The highest BCUT2D eigenvalue weighted by Gasteiger charge is 2.19. The van der Waals surface area contributed by atoms with Crippen molar-refractivity contribution in [3.8, 4) is 0 Å². The van der Waals surface area contributed by atoms with Crippen molar-refractivity contribution in [2.75, 3.05) is 0 Å². The number of rotatable bonds is 10. The molecule has 2 aromatic carbocycles. The Kier molecular flexibility index (Phi) is 9.22. The maximum absolute atomic E-state index is 14.1. The van der Waals surface area contributed by atoms with Crippen LogP contribution in [0.2, 0.25) is 0 Å². The van der Waals surface area contributed by atoms with Crippen LogP contribution < -0.4 is 10.6 Å². The summed E-state index contributed by atoms with van der Waals surface area (Å²) in [6, 6.07) is 16.7. The second kappa shape index (κ2) is 12.8. The zero-order valence-electron chi connectivity index (χ0n) is 23.1. The summed E-state index contributed by atoms with van der Waals surface area (Å²) in [7, 11) is 0. The highest BCUT2D eigenvalue weighted by molar-refractivity contribution is 5.79. The number of halogens is 1. The van der Waals surface area contributed by atoms with E-state index in [2.05, 4.69) is 73.1 Å². The summed E-state index contributed by atoms with van der Waals surface area (Å²) in [6.07, 6.45) is 9.63. The molecule has 3 aromatic rings. The van der Waals surface area contributed by atoms with Crippen LogP contribution in [-0.2, 0) is 13.1 Å². The van der Waals surface area contributed by atoms with Gasteiger partial charge >= 0.3 is 0 Å². The quantitative estimate of drug-likeness (QED) is 0.215. The minimum atomic E-state index is -0.337. The molecule has 0 amide bonds. The van der Waals surface area contributed by atoms with Crippen LogP contribution in [0.1, 0.15) is 67.0 Å². The molecule has 38 heavy (non-hydrogen) atoms. The smallest absolute Gasteiger partial charge is 0.164 e. The molecule has 0 aliphatic heterocycles. The van der Waals surface area contributed by atoms with E-state index in [0.717, 1.165) is 34.7 Å². The standard InChI is InChI=1S/C33H41FN4/c1-23-10-6-8-12-30(18-23)26(4)35-20-28-14-16-29(17-15-28)21-36-33(38-27(5)32(34)22-37-38)19-25(3)31-13-9-7-11-24(31)2/h7,9,11,13-17,19,22-23,30,35-36H,3-4,6,8,10,12,18,20-21H2,1-2,5H3/b33-19-. The van der Waals surface area contributed by atoms with Crippen LogP contribution in [0.15, 0.2) is 79.7 Å². The van der Waals surface area contributed by atoms with Crippen LogP contribution in [0, 0.1) is 31.5 Å². The van der Waals surface area contributed by atoms with Crippen molar-refractivity contribution in [1.29, 1.82) is 0 Å². The summed E-state index contributed by atoms with van der Waals surface area (Å²) in [5.41, 5.74) is 7.01. The molecular weight excluding hydrogens is 471 g/mol. The Hall–Kier alpha value is -3.60. The van der Waals surface area contributed by atoms with Crippen molar-refractivity contribution in [3.63, 3.8) is 0 Å². The molecule has 1 aliphatic carbocycles. The summed E-state index contributed by atoms with van der Waals surface area (Å²) in [5.74, 6) is 1.70. The van der Waals surface area contributed by atoms with Gasteiger partial charge in [-0.15, -0.1) is 0 Å². The van der Waals surface area contributed by atoms with E-state index in [4.69, 9.17) is 0 Å². The molecule has 1 heterocycles. The lowest BCUT2D eigenvalue weighted by Gasteiger charge is -2.21. The number of hydrogen-bond donors (Lipinski definition) is 2. The molecule has 2 N–H and O–H groups in total. The molecule has 2 unspecified atom stereocenters. The first kappa shape index (κ1) is 27.4. The van der Waals surface area contributed by atoms with Crippen LogP contribution >= 0.6 is 0 Å². The van der Waals surface area contributed by atoms with Gasteiger partial charge in [-0.3, -0.25) is 0 Å². The lowest BCUT2D eigenvalue weighted by atomic mass is 9.92. The Morgan fingerprint density at radius 3 is 2.32 bits per heavy atom. The Morgan fingerprint density at radius 2 is 1.66 bits per heavy atom. The van der Waals surface area contributed by atoms with Crippen molar-refractivity contribution in [3.05, 3.63) is 113 Å². The van der Waals surface area contributed by atoms with Crippen LogP contribution in [0.4, 0.5) is 4.39 Å². The molecule has 1 saturated carbocycles. The molecule has 5 heteroatoms. The summed E-state index contributed by atoms with van der Waals surface area (Å²) < 4.78 is 15.7.